The average Bonchev–Trinajstić information content (AvgIpc) is 2.70. The Morgan fingerprint density at radius 2 is 2.30 bits per heavy atom. The van der Waals surface area contributed by atoms with E-state index in [0.29, 0.717) is 0 Å². The molecule has 8 nitrogen and oxygen atoms in total. The molecule has 0 aliphatic carbocycles. The number of H-pyrrole nitrogens is 1. The average molecular weight is 282 g/mol. The molecule has 0 aromatic carbocycles. The number of hydrogen-bond donors (Lipinski definition) is 4. The minimum Gasteiger partial charge on any atom is -0.394 e. The molecule has 8 heteroatoms. The van der Waals surface area contributed by atoms with Gasteiger partial charge in [-0.2, -0.15) is 0 Å². The van der Waals surface area contributed by atoms with Gasteiger partial charge in [0.25, 0.3) is 5.56 Å². The second-order valence-electron chi connectivity index (χ2n) is 4.40. The van der Waals surface area contributed by atoms with E-state index in [1.165, 1.54) is 6.92 Å². The Bertz CT molecular complexity index is 682. The molecule has 0 bridgehead atoms. The van der Waals surface area contributed by atoms with Gasteiger partial charge in [-0.05, 0) is 6.92 Å². The third kappa shape index (κ3) is 2.17. The first-order valence-corrected chi connectivity index (χ1v) is 5.86. The van der Waals surface area contributed by atoms with Crippen molar-refractivity contribution in [1.82, 2.24) is 9.55 Å². The Morgan fingerprint density at radius 1 is 1.60 bits per heavy atom. The maximum Gasteiger partial charge on any atom is 0.330 e. The van der Waals surface area contributed by atoms with E-state index in [4.69, 9.17) is 9.84 Å². The van der Waals surface area contributed by atoms with E-state index in [9.17, 15) is 19.8 Å². The fourth-order valence-corrected chi connectivity index (χ4v) is 2.05. The van der Waals surface area contributed by atoms with Gasteiger partial charge < -0.3 is 20.1 Å². The summed E-state index contributed by atoms with van der Waals surface area (Å²) in [6.07, 6.45) is -1.47. The van der Waals surface area contributed by atoms with Crippen LogP contribution in [0.1, 0.15) is 12.5 Å². The molecule has 2 heterocycles. The van der Waals surface area contributed by atoms with Crippen molar-refractivity contribution in [2.75, 3.05) is 13.2 Å². The first-order valence-electron chi connectivity index (χ1n) is 5.86. The van der Waals surface area contributed by atoms with Crippen LogP contribution in [0.4, 0.5) is 0 Å². The molecular weight excluding hydrogens is 268 g/mol. The van der Waals surface area contributed by atoms with Crippen molar-refractivity contribution in [1.29, 1.82) is 0 Å². The van der Waals surface area contributed by atoms with Crippen molar-refractivity contribution in [2.45, 2.75) is 24.9 Å². The summed E-state index contributed by atoms with van der Waals surface area (Å²) in [6, 6.07) is 0. The Balaban J connectivity index is 2.57. The van der Waals surface area contributed by atoms with Crippen molar-refractivity contribution < 1.29 is 20.1 Å². The van der Waals surface area contributed by atoms with Gasteiger partial charge >= 0.3 is 5.69 Å². The lowest BCUT2D eigenvalue weighted by Gasteiger charge is -2.27. The summed E-state index contributed by atoms with van der Waals surface area (Å²) in [7, 11) is 0. The Kier molecular flexibility index (Phi) is 3.78. The van der Waals surface area contributed by atoms with Crippen molar-refractivity contribution in [3.05, 3.63) is 32.6 Å². The second kappa shape index (κ2) is 5.22. The fraction of sp³-hybridized carbons (Fsp3) is 0.500. The molecule has 0 radical (unpaired) electrons. The lowest BCUT2D eigenvalue weighted by molar-refractivity contribution is -0.115. The summed E-state index contributed by atoms with van der Waals surface area (Å²) in [5.41, 5.74) is -3.68. The fourth-order valence-electron chi connectivity index (χ4n) is 2.05. The van der Waals surface area contributed by atoms with E-state index < -0.39 is 42.4 Å². The number of ether oxygens (including phenoxy) is 1. The molecule has 108 valence electrons. The normalized spacial score (nSPS) is 29.0. The molecule has 1 aliphatic heterocycles. The Morgan fingerprint density at radius 3 is 2.85 bits per heavy atom. The van der Waals surface area contributed by atoms with Gasteiger partial charge in [-0.3, -0.25) is 14.3 Å². The van der Waals surface area contributed by atoms with Crippen LogP contribution in [0, 0.1) is 11.8 Å². The molecule has 0 unspecified atom stereocenters. The van der Waals surface area contributed by atoms with Gasteiger partial charge in [0.1, 0.15) is 17.8 Å². The summed E-state index contributed by atoms with van der Waals surface area (Å²) in [5, 5.41) is 29.4. The van der Waals surface area contributed by atoms with Crippen LogP contribution in [0.2, 0.25) is 0 Å². The largest absolute Gasteiger partial charge is 0.394 e. The minimum atomic E-state index is -2.07. The molecule has 0 amide bonds. The third-order valence-corrected chi connectivity index (χ3v) is 3.13. The van der Waals surface area contributed by atoms with E-state index >= 15 is 0 Å². The monoisotopic (exact) mass is 282 g/mol. The van der Waals surface area contributed by atoms with Gasteiger partial charge in [-0.25, -0.2) is 4.79 Å². The maximum absolute atomic E-state index is 11.8. The quantitative estimate of drug-likeness (QED) is 0.438. The zero-order chi connectivity index (χ0) is 14.9. The number of aromatic nitrogens is 2. The van der Waals surface area contributed by atoms with Crippen LogP contribution in [-0.2, 0) is 10.5 Å². The highest BCUT2D eigenvalue weighted by Crippen LogP contribution is 2.28. The smallest absolute Gasteiger partial charge is 0.330 e. The van der Waals surface area contributed by atoms with Gasteiger partial charge in [0.05, 0.1) is 13.2 Å². The van der Waals surface area contributed by atoms with Crippen LogP contribution in [0.5, 0.6) is 0 Å². The van der Waals surface area contributed by atoms with Crippen LogP contribution >= 0.6 is 0 Å². The van der Waals surface area contributed by atoms with Crippen molar-refractivity contribution in [3.8, 4) is 11.8 Å². The van der Waals surface area contributed by atoms with Gasteiger partial charge in [-0.15, -0.1) is 5.92 Å². The number of rotatable bonds is 2. The lowest BCUT2D eigenvalue weighted by atomic mass is 10.1. The highest BCUT2D eigenvalue weighted by molar-refractivity contribution is 5.29. The van der Waals surface area contributed by atoms with E-state index in [0.717, 1.165) is 10.8 Å². The summed E-state index contributed by atoms with van der Waals surface area (Å²) in [4.78, 5) is 25.3. The number of nitrogens with zero attached hydrogens (tertiary/aromatic N) is 1. The number of aromatic amines is 1. The molecule has 4 N–H and O–H groups in total. The maximum atomic E-state index is 11.8. The number of aliphatic hydroxyl groups is 3. The molecule has 1 saturated heterocycles. The van der Waals surface area contributed by atoms with Crippen LogP contribution in [-0.4, -0.2) is 50.3 Å². The molecular formula is C12H14N2O6. The van der Waals surface area contributed by atoms with Crippen molar-refractivity contribution in [3.63, 3.8) is 0 Å². The zero-order valence-electron chi connectivity index (χ0n) is 10.7. The van der Waals surface area contributed by atoms with E-state index in [-0.39, 0.29) is 5.56 Å². The lowest BCUT2D eigenvalue weighted by Crippen LogP contribution is -2.53. The molecule has 1 fully saturated rings. The predicted octanol–water partition coefficient (Wildman–Crippen LogP) is -2.69. The van der Waals surface area contributed by atoms with Gasteiger partial charge in [0, 0.05) is 6.20 Å². The van der Waals surface area contributed by atoms with E-state index in [1.54, 1.807) is 0 Å². The first kappa shape index (κ1) is 14.5. The minimum absolute atomic E-state index is 0.0276. The summed E-state index contributed by atoms with van der Waals surface area (Å²) in [6.45, 7) is 0.604. The first-order chi connectivity index (χ1) is 9.43. The number of hydrogen-bond acceptors (Lipinski definition) is 6. The summed E-state index contributed by atoms with van der Waals surface area (Å²) >= 11 is 0. The SMILES string of the molecule is CC#Cc1cn([C@]2(O)CO[C@H](CO)[C@H]2O)c(=O)[nH]c1=O. The standard InChI is InChI=1S/C12H14N2O6/c1-2-3-7-4-14(11(18)13-10(7)17)12(19)6-20-8(5-15)9(12)16/h4,8-9,15-16,19H,5-6H2,1H3,(H,13,17,18)/t8-,9-,12+/m1/s1. The molecule has 20 heavy (non-hydrogen) atoms. The highest BCUT2D eigenvalue weighted by Gasteiger charge is 2.50. The Labute approximate surface area is 113 Å². The topological polar surface area (TPSA) is 125 Å². The van der Waals surface area contributed by atoms with Gasteiger partial charge in [0.2, 0.25) is 0 Å². The van der Waals surface area contributed by atoms with Crippen LogP contribution in [0.25, 0.3) is 0 Å². The zero-order valence-corrected chi connectivity index (χ0v) is 10.7. The highest BCUT2D eigenvalue weighted by atomic mass is 16.5. The molecule has 1 aromatic rings. The van der Waals surface area contributed by atoms with Crippen LogP contribution in [0.15, 0.2) is 15.8 Å². The molecule has 1 aromatic heterocycles. The summed E-state index contributed by atoms with van der Waals surface area (Å²) < 4.78 is 5.79. The Hall–Kier alpha value is -1.92. The second-order valence-corrected chi connectivity index (χ2v) is 4.40. The third-order valence-electron chi connectivity index (χ3n) is 3.13. The molecule has 2 rings (SSSR count). The van der Waals surface area contributed by atoms with Crippen molar-refractivity contribution in [2.24, 2.45) is 0 Å². The summed E-state index contributed by atoms with van der Waals surface area (Å²) in [5.74, 6) is 4.99. The van der Waals surface area contributed by atoms with Gasteiger partial charge in [-0.1, -0.05) is 5.92 Å². The van der Waals surface area contributed by atoms with E-state index in [2.05, 4.69) is 11.8 Å². The predicted molar refractivity (Wildman–Crippen MR) is 66.9 cm³/mol. The van der Waals surface area contributed by atoms with Gasteiger partial charge in [0.15, 0.2) is 5.72 Å². The molecule has 0 spiro atoms. The van der Waals surface area contributed by atoms with Crippen LogP contribution in [0.3, 0.4) is 0 Å². The number of aliphatic hydroxyl groups excluding tert-OH is 2. The molecule has 3 atom stereocenters. The van der Waals surface area contributed by atoms with E-state index in [1.807, 2.05) is 4.98 Å². The molecule has 1 aliphatic rings. The van der Waals surface area contributed by atoms with Crippen LogP contribution < -0.4 is 11.2 Å². The molecule has 0 saturated carbocycles. The number of nitrogens with one attached hydrogen (secondary N) is 1. The van der Waals surface area contributed by atoms with Crippen molar-refractivity contribution >= 4 is 0 Å².